The first-order chi connectivity index (χ1) is 15.1. The predicted octanol–water partition coefficient (Wildman–Crippen LogP) is 2.59. The average Bonchev–Trinajstić information content (AvgIpc) is 2.69. The molecule has 16 heteroatoms. The number of ether oxygens (including phenoxy) is 1. The summed E-state index contributed by atoms with van der Waals surface area (Å²) in [5.41, 5.74) is 5.88. The molecule has 0 aliphatic rings. The third-order valence-corrected chi connectivity index (χ3v) is 6.90. The lowest BCUT2D eigenvalue weighted by molar-refractivity contribution is 0.416. The van der Waals surface area contributed by atoms with Gasteiger partial charge in [0, 0.05) is 22.5 Å². The molecule has 0 aliphatic carbocycles. The van der Waals surface area contributed by atoms with Gasteiger partial charge >= 0.3 is 0 Å². The van der Waals surface area contributed by atoms with Gasteiger partial charge in [-0.25, -0.2) is 0 Å². The van der Waals surface area contributed by atoms with Crippen molar-refractivity contribution in [2.75, 3.05) is 12.8 Å². The summed E-state index contributed by atoms with van der Waals surface area (Å²) in [5, 5.41) is 6.57. The Morgan fingerprint density at radius 1 is 0.758 bits per heavy atom. The largest absolute Gasteiger partial charge is 0.494 e. The van der Waals surface area contributed by atoms with E-state index >= 15 is 0 Å². The van der Waals surface area contributed by atoms with E-state index in [4.69, 9.17) is 10.5 Å². The maximum Gasteiger partial charge on any atom is 0.295 e. The number of nitrogen functional groups attached to an aromatic ring is 1. The zero-order valence-corrected chi connectivity index (χ0v) is 18.9. The number of hydrogen-bond acceptors (Lipinski definition) is 10. The number of rotatable bonds is 6. The minimum atomic E-state index is -5.13. The van der Waals surface area contributed by atoms with Gasteiger partial charge in [-0.2, -0.15) is 30.4 Å². The van der Waals surface area contributed by atoms with E-state index in [9.17, 15) is 38.9 Å². The highest BCUT2D eigenvalue weighted by atomic mass is 32.2. The van der Waals surface area contributed by atoms with Crippen LogP contribution in [0.15, 0.2) is 67.4 Å². The Kier molecular flexibility index (Phi) is 6.18. The molecule has 0 spiro atoms. The quantitative estimate of drug-likeness (QED) is 0.211. The Morgan fingerprint density at radius 2 is 1.33 bits per heavy atom. The number of fused-ring (bicyclic) bond motifs is 1. The van der Waals surface area contributed by atoms with Gasteiger partial charge in [0.2, 0.25) is 0 Å². The second-order valence-corrected chi connectivity index (χ2v) is 10.7. The van der Waals surface area contributed by atoms with Crippen LogP contribution in [-0.2, 0) is 30.4 Å². The highest BCUT2D eigenvalue weighted by molar-refractivity contribution is 7.87. The van der Waals surface area contributed by atoms with E-state index in [0.717, 1.165) is 12.1 Å². The van der Waals surface area contributed by atoms with E-state index in [1.807, 2.05) is 0 Å². The van der Waals surface area contributed by atoms with Gasteiger partial charge < -0.3 is 10.5 Å². The second-order valence-electron chi connectivity index (χ2n) is 6.52. The molecule has 0 atom stereocenters. The summed E-state index contributed by atoms with van der Waals surface area (Å²) in [6, 6.07) is 7.15. The van der Waals surface area contributed by atoms with Crippen molar-refractivity contribution >= 4 is 58.2 Å². The summed E-state index contributed by atoms with van der Waals surface area (Å²) in [6.07, 6.45) is 0. The SMILES string of the molecule is COc1cc(N)ccc1N=Nc1cc(S(=O)(=O)O)c2cc(S(=O)(=O)O)cc(S(=O)(=O)O)c2c1. The second kappa shape index (κ2) is 8.32. The molecule has 5 N–H and O–H groups in total. The monoisotopic (exact) mass is 517 g/mol. The standard InChI is InChI=1S/C17H15N3O10S3/c1-30-15-4-9(18)2-3-14(15)20-19-10-5-12-13(16(6-10)32(24,25)26)7-11(31(21,22)23)8-17(12)33(27,28)29/h2-8H,18H2,1H3,(H,21,22,23)(H,24,25,26)(H,27,28,29). The van der Waals surface area contributed by atoms with Gasteiger partial charge in [0.15, 0.2) is 0 Å². The number of hydrogen-bond donors (Lipinski definition) is 4. The zero-order valence-electron chi connectivity index (χ0n) is 16.4. The Bertz CT molecular complexity index is 1630. The molecule has 33 heavy (non-hydrogen) atoms. The molecule has 0 aliphatic heterocycles. The molecule has 0 aromatic heterocycles. The van der Waals surface area contributed by atoms with E-state index < -0.39 is 55.8 Å². The molecule has 3 aromatic carbocycles. The molecule has 0 bridgehead atoms. The highest BCUT2D eigenvalue weighted by Crippen LogP contribution is 2.37. The molecule has 0 radical (unpaired) electrons. The van der Waals surface area contributed by atoms with Crippen molar-refractivity contribution in [3.63, 3.8) is 0 Å². The normalized spacial score (nSPS) is 13.0. The highest BCUT2D eigenvalue weighted by Gasteiger charge is 2.25. The van der Waals surface area contributed by atoms with Crippen LogP contribution in [0, 0.1) is 0 Å². The fraction of sp³-hybridized carbons (Fsp3) is 0.0588. The first-order valence-corrected chi connectivity index (χ1v) is 12.8. The molecule has 0 saturated carbocycles. The smallest absolute Gasteiger partial charge is 0.295 e. The van der Waals surface area contributed by atoms with Crippen LogP contribution in [0.1, 0.15) is 0 Å². The molecule has 0 saturated heterocycles. The zero-order chi connectivity index (χ0) is 24.8. The Morgan fingerprint density at radius 3 is 1.88 bits per heavy atom. The number of methoxy groups -OCH3 is 1. The van der Waals surface area contributed by atoms with Crippen molar-refractivity contribution < 1.29 is 43.6 Å². The van der Waals surface area contributed by atoms with Crippen molar-refractivity contribution in [1.82, 2.24) is 0 Å². The van der Waals surface area contributed by atoms with Crippen LogP contribution in [-0.4, -0.2) is 46.0 Å². The van der Waals surface area contributed by atoms with Crippen molar-refractivity contribution in [2.24, 2.45) is 10.2 Å². The van der Waals surface area contributed by atoms with Crippen LogP contribution in [0.4, 0.5) is 17.1 Å². The summed E-state index contributed by atoms with van der Waals surface area (Å²) in [5.74, 6) is 0.214. The molecule has 0 amide bonds. The fourth-order valence-corrected chi connectivity index (χ4v) is 4.92. The van der Waals surface area contributed by atoms with Crippen molar-refractivity contribution in [3.05, 3.63) is 42.5 Å². The lowest BCUT2D eigenvalue weighted by Gasteiger charge is -2.11. The van der Waals surface area contributed by atoms with E-state index in [2.05, 4.69) is 10.2 Å². The number of anilines is 1. The molecule has 176 valence electrons. The van der Waals surface area contributed by atoms with Crippen LogP contribution in [0.3, 0.4) is 0 Å². The maximum atomic E-state index is 12.0. The number of azo groups is 1. The minimum absolute atomic E-state index is 0.164. The minimum Gasteiger partial charge on any atom is -0.494 e. The van der Waals surface area contributed by atoms with Gasteiger partial charge in [0.1, 0.15) is 21.2 Å². The molecule has 0 fully saturated rings. The van der Waals surface area contributed by atoms with Crippen LogP contribution in [0.2, 0.25) is 0 Å². The molecule has 3 aromatic rings. The predicted molar refractivity (Wildman–Crippen MR) is 115 cm³/mol. The topological polar surface area (TPSA) is 223 Å². The maximum absolute atomic E-state index is 12.0. The summed E-state index contributed by atoms with van der Waals surface area (Å²) >= 11 is 0. The van der Waals surface area contributed by atoms with Gasteiger partial charge in [-0.15, -0.1) is 5.11 Å². The molecule has 0 heterocycles. The number of nitrogens with zero attached hydrogens (tertiary/aromatic N) is 2. The van der Waals surface area contributed by atoms with Crippen LogP contribution in [0.5, 0.6) is 5.75 Å². The molecule has 3 rings (SSSR count). The van der Waals surface area contributed by atoms with Gasteiger partial charge in [-0.1, -0.05) is 0 Å². The van der Waals surface area contributed by atoms with Crippen LogP contribution >= 0.6 is 0 Å². The Balaban J connectivity index is 2.39. The fourth-order valence-electron chi connectivity index (χ4n) is 2.88. The molecule has 0 unspecified atom stereocenters. The average molecular weight is 518 g/mol. The summed E-state index contributed by atoms with van der Waals surface area (Å²) in [7, 11) is -13.9. The first-order valence-electron chi connectivity index (χ1n) is 8.51. The summed E-state index contributed by atoms with van der Waals surface area (Å²) < 4.78 is 104. The molecular formula is C17H15N3O10S3. The molecule has 13 nitrogen and oxygen atoms in total. The summed E-state index contributed by atoms with van der Waals surface area (Å²) in [4.78, 5) is -3.04. The third-order valence-electron chi connectivity index (χ3n) is 4.28. The van der Waals surface area contributed by atoms with Gasteiger partial charge in [0.25, 0.3) is 30.4 Å². The van der Waals surface area contributed by atoms with Crippen molar-refractivity contribution in [1.29, 1.82) is 0 Å². The van der Waals surface area contributed by atoms with Gasteiger partial charge in [0.05, 0.1) is 17.7 Å². The van der Waals surface area contributed by atoms with E-state index in [-0.39, 0.29) is 17.1 Å². The lowest BCUT2D eigenvalue weighted by atomic mass is 10.1. The first kappa shape index (κ1) is 24.5. The number of benzene rings is 3. The van der Waals surface area contributed by atoms with E-state index in [1.54, 1.807) is 0 Å². The molecular weight excluding hydrogens is 502 g/mol. The number of nitrogens with two attached hydrogens (primary N) is 1. The van der Waals surface area contributed by atoms with Crippen LogP contribution < -0.4 is 10.5 Å². The Labute approximate surface area is 187 Å². The Hall–Kier alpha value is -3.15. The van der Waals surface area contributed by atoms with E-state index in [1.165, 1.54) is 25.3 Å². The van der Waals surface area contributed by atoms with Crippen molar-refractivity contribution in [2.45, 2.75) is 14.7 Å². The summed E-state index contributed by atoms with van der Waals surface area (Å²) in [6.45, 7) is 0. The van der Waals surface area contributed by atoms with Crippen molar-refractivity contribution in [3.8, 4) is 5.75 Å². The third kappa shape index (κ3) is 5.27. The van der Waals surface area contributed by atoms with E-state index in [0.29, 0.717) is 17.8 Å². The van der Waals surface area contributed by atoms with Gasteiger partial charge in [-0.3, -0.25) is 13.7 Å². The van der Waals surface area contributed by atoms with Crippen LogP contribution in [0.25, 0.3) is 10.8 Å². The van der Waals surface area contributed by atoms with Gasteiger partial charge in [-0.05, 0) is 36.4 Å². The lowest BCUT2D eigenvalue weighted by Crippen LogP contribution is -2.07.